The summed E-state index contributed by atoms with van der Waals surface area (Å²) in [4.78, 5) is 12.6. The highest BCUT2D eigenvalue weighted by atomic mass is 35.5. The van der Waals surface area contributed by atoms with Crippen molar-refractivity contribution < 1.29 is 17.9 Å². The maximum atomic E-state index is 12.9. The van der Waals surface area contributed by atoms with Gasteiger partial charge in [0.2, 0.25) is 0 Å². The Balaban J connectivity index is 2.46. The number of sulfone groups is 1. The quantitative estimate of drug-likeness (QED) is 0.794. The summed E-state index contributed by atoms with van der Waals surface area (Å²) < 4.78 is 29.7. The van der Waals surface area contributed by atoms with E-state index in [1.165, 1.54) is 24.3 Å². The van der Waals surface area contributed by atoms with Crippen molar-refractivity contribution in [3.05, 3.63) is 29.3 Å². The molecule has 0 amide bonds. The maximum Gasteiger partial charge on any atom is 0.328 e. The molecule has 1 aromatic carbocycles. The first-order chi connectivity index (χ1) is 9.79. The van der Waals surface area contributed by atoms with Gasteiger partial charge >= 0.3 is 5.97 Å². The smallest absolute Gasteiger partial charge is 0.328 e. The van der Waals surface area contributed by atoms with Crippen LogP contribution in [0.4, 0.5) is 0 Å². The molecule has 0 bridgehead atoms. The first-order valence-electron chi connectivity index (χ1n) is 7.01. The number of carbonyl (C=O) groups is 1. The van der Waals surface area contributed by atoms with Gasteiger partial charge in [-0.25, -0.2) is 8.42 Å². The molecule has 0 spiro atoms. The van der Waals surface area contributed by atoms with Crippen LogP contribution in [-0.4, -0.2) is 25.2 Å². The van der Waals surface area contributed by atoms with E-state index in [0.29, 0.717) is 30.7 Å². The number of rotatable bonds is 4. The number of hydrogen-bond acceptors (Lipinski definition) is 4. The van der Waals surface area contributed by atoms with E-state index in [4.69, 9.17) is 16.3 Å². The molecule has 0 aromatic heterocycles. The van der Waals surface area contributed by atoms with E-state index in [9.17, 15) is 13.2 Å². The van der Waals surface area contributed by atoms with Crippen molar-refractivity contribution in [2.45, 2.75) is 55.3 Å². The second kappa shape index (κ2) is 5.97. The van der Waals surface area contributed by atoms with E-state index in [1.807, 2.05) is 0 Å². The van der Waals surface area contributed by atoms with Crippen molar-refractivity contribution in [3.63, 3.8) is 0 Å². The van der Waals surface area contributed by atoms with Crippen molar-refractivity contribution in [1.82, 2.24) is 0 Å². The largest absolute Gasteiger partial charge is 0.462 e. The molecule has 1 saturated carbocycles. The fourth-order valence-electron chi connectivity index (χ4n) is 2.69. The van der Waals surface area contributed by atoms with Crippen LogP contribution in [-0.2, 0) is 19.4 Å². The lowest BCUT2D eigenvalue weighted by atomic mass is 10.1. The molecule has 2 rings (SSSR count). The zero-order valence-corrected chi connectivity index (χ0v) is 13.7. The van der Waals surface area contributed by atoms with Gasteiger partial charge in [0, 0.05) is 5.02 Å². The average molecular weight is 331 g/mol. The van der Waals surface area contributed by atoms with E-state index in [2.05, 4.69) is 0 Å². The van der Waals surface area contributed by atoms with Crippen molar-refractivity contribution in [2.24, 2.45) is 0 Å². The van der Waals surface area contributed by atoms with Crippen LogP contribution in [0.1, 0.15) is 39.5 Å². The molecule has 1 aliphatic carbocycles. The summed E-state index contributed by atoms with van der Waals surface area (Å²) in [5.41, 5.74) is 0. The van der Waals surface area contributed by atoms with E-state index in [0.717, 1.165) is 0 Å². The Labute approximate surface area is 130 Å². The standard InChI is InChI=1S/C15H19ClO4S/c1-11(2)20-14(17)15(9-3-4-10-15)21(18,19)13-7-5-12(16)6-8-13/h5-8,11H,3-4,9-10H2,1-2H3. The Morgan fingerprint density at radius 1 is 1.19 bits per heavy atom. The van der Waals surface area contributed by atoms with Crippen LogP contribution in [0.15, 0.2) is 29.2 Å². The Morgan fingerprint density at radius 2 is 1.71 bits per heavy atom. The summed E-state index contributed by atoms with van der Waals surface area (Å²) in [7, 11) is -3.80. The molecule has 0 atom stereocenters. The molecule has 21 heavy (non-hydrogen) atoms. The van der Waals surface area contributed by atoms with Gasteiger partial charge in [-0.05, 0) is 51.0 Å². The number of carbonyl (C=O) groups excluding carboxylic acids is 1. The van der Waals surface area contributed by atoms with Gasteiger partial charge in [-0.1, -0.05) is 24.4 Å². The summed E-state index contributed by atoms with van der Waals surface area (Å²) in [6.07, 6.45) is 1.70. The first-order valence-corrected chi connectivity index (χ1v) is 8.87. The van der Waals surface area contributed by atoms with Crippen molar-refractivity contribution in [3.8, 4) is 0 Å². The van der Waals surface area contributed by atoms with Gasteiger partial charge in [0.05, 0.1) is 11.0 Å². The monoisotopic (exact) mass is 330 g/mol. The van der Waals surface area contributed by atoms with Crippen molar-refractivity contribution in [1.29, 1.82) is 0 Å². The third-order valence-corrected chi connectivity index (χ3v) is 6.51. The van der Waals surface area contributed by atoms with Gasteiger partial charge in [-0.3, -0.25) is 4.79 Å². The van der Waals surface area contributed by atoms with E-state index in [-0.39, 0.29) is 11.0 Å². The third kappa shape index (κ3) is 2.94. The molecular formula is C15H19ClO4S. The van der Waals surface area contributed by atoms with Crippen LogP contribution in [0.3, 0.4) is 0 Å². The van der Waals surface area contributed by atoms with Crippen LogP contribution in [0.2, 0.25) is 5.02 Å². The summed E-state index contributed by atoms with van der Waals surface area (Å²) in [6.45, 7) is 3.44. The lowest BCUT2D eigenvalue weighted by Gasteiger charge is -2.27. The summed E-state index contributed by atoms with van der Waals surface area (Å²) in [6, 6.07) is 5.93. The molecule has 1 aliphatic rings. The van der Waals surface area contributed by atoms with Crippen molar-refractivity contribution in [2.75, 3.05) is 0 Å². The summed E-state index contributed by atoms with van der Waals surface area (Å²) in [5, 5.41) is 0.458. The average Bonchev–Trinajstić information content (AvgIpc) is 2.89. The van der Waals surface area contributed by atoms with Gasteiger partial charge in [-0.15, -0.1) is 0 Å². The fraction of sp³-hybridized carbons (Fsp3) is 0.533. The second-order valence-electron chi connectivity index (χ2n) is 5.61. The zero-order valence-electron chi connectivity index (χ0n) is 12.1. The van der Waals surface area contributed by atoms with Gasteiger partial charge in [0.25, 0.3) is 0 Å². The molecule has 6 heteroatoms. The number of esters is 1. The second-order valence-corrected chi connectivity index (χ2v) is 8.31. The predicted molar refractivity (Wildman–Crippen MR) is 81.1 cm³/mol. The number of benzene rings is 1. The van der Waals surface area contributed by atoms with Gasteiger partial charge in [-0.2, -0.15) is 0 Å². The zero-order chi connectivity index (χ0) is 15.7. The topological polar surface area (TPSA) is 60.4 Å². The van der Waals surface area contributed by atoms with E-state index >= 15 is 0 Å². The molecule has 0 heterocycles. The minimum atomic E-state index is -3.80. The lowest BCUT2D eigenvalue weighted by Crippen LogP contribution is -2.46. The van der Waals surface area contributed by atoms with Crippen LogP contribution >= 0.6 is 11.6 Å². The molecule has 0 aliphatic heterocycles. The van der Waals surface area contributed by atoms with Crippen LogP contribution < -0.4 is 0 Å². The van der Waals surface area contributed by atoms with Gasteiger partial charge in [0.15, 0.2) is 14.6 Å². The number of ether oxygens (including phenoxy) is 1. The summed E-state index contributed by atoms with van der Waals surface area (Å²) >= 11 is 5.80. The molecule has 1 fully saturated rings. The minimum Gasteiger partial charge on any atom is -0.462 e. The summed E-state index contributed by atoms with van der Waals surface area (Å²) in [5.74, 6) is -0.634. The maximum absolute atomic E-state index is 12.9. The highest BCUT2D eigenvalue weighted by molar-refractivity contribution is 7.93. The Kier molecular flexibility index (Phi) is 4.63. The normalized spacial score (nSPS) is 17.9. The number of halogens is 1. The molecule has 116 valence electrons. The first kappa shape index (κ1) is 16.3. The van der Waals surface area contributed by atoms with Gasteiger partial charge < -0.3 is 4.74 Å². The van der Waals surface area contributed by atoms with Crippen molar-refractivity contribution >= 4 is 27.4 Å². The SMILES string of the molecule is CC(C)OC(=O)C1(S(=O)(=O)c2ccc(Cl)cc2)CCCC1. The molecule has 4 nitrogen and oxygen atoms in total. The fourth-order valence-corrected chi connectivity index (χ4v) is 4.85. The minimum absolute atomic E-state index is 0.120. The Morgan fingerprint density at radius 3 is 2.19 bits per heavy atom. The van der Waals surface area contributed by atoms with Gasteiger partial charge in [0.1, 0.15) is 0 Å². The highest BCUT2D eigenvalue weighted by Gasteiger charge is 2.54. The van der Waals surface area contributed by atoms with Crippen LogP contribution in [0.25, 0.3) is 0 Å². The van der Waals surface area contributed by atoms with E-state index in [1.54, 1.807) is 13.8 Å². The molecular weight excluding hydrogens is 312 g/mol. The highest BCUT2D eigenvalue weighted by Crippen LogP contribution is 2.41. The Bertz CT molecular complexity index is 614. The predicted octanol–water partition coefficient (Wildman–Crippen LogP) is 3.38. The van der Waals surface area contributed by atoms with Crippen LogP contribution in [0, 0.1) is 0 Å². The lowest BCUT2D eigenvalue weighted by molar-refractivity contribution is -0.150. The molecule has 1 aromatic rings. The molecule has 0 radical (unpaired) electrons. The van der Waals surface area contributed by atoms with E-state index < -0.39 is 20.6 Å². The molecule has 0 N–H and O–H groups in total. The van der Waals surface area contributed by atoms with Crippen LogP contribution in [0.5, 0.6) is 0 Å². The Hall–Kier alpha value is -1.07. The number of hydrogen-bond donors (Lipinski definition) is 0. The third-order valence-electron chi connectivity index (χ3n) is 3.76. The molecule has 0 unspecified atom stereocenters. The molecule has 0 saturated heterocycles.